The fourth-order valence-corrected chi connectivity index (χ4v) is 2.30. The summed E-state index contributed by atoms with van der Waals surface area (Å²) in [4.78, 5) is 2.22. The highest BCUT2D eigenvalue weighted by atomic mass is 16.3. The molecule has 1 saturated carbocycles. The van der Waals surface area contributed by atoms with Crippen molar-refractivity contribution in [2.75, 3.05) is 24.6 Å². The summed E-state index contributed by atoms with van der Waals surface area (Å²) < 4.78 is 0. The van der Waals surface area contributed by atoms with Crippen LogP contribution in [0.25, 0.3) is 0 Å². The largest absolute Gasteiger partial charge is 0.395 e. The van der Waals surface area contributed by atoms with Gasteiger partial charge in [-0.25, -0.2) is 0 Å². The summed E-state index contributed by atoms with van der Waals surface area (Å²) >= 11 is 0. The SMILES string of the molecule is CCN(CCO)c1ccc(CNC2CC2)cc1C. The maximum absolute atomic E-state index is 9.08. The van der Waals surface area contributed by atoms with Crippen LogP contribution < -0.4 is 10.2 Å². The first kappa shape index (κ1) is 13.4. The van der Waals surface area contributed by atoms with E-state index in [0.29, 0.717) is 6.54 Å². The van der Waals surface area contributed by atoms with Gasteiger partial charge in [0.1, 0.15) is 0 Å². The van der Waals surface area contributed by atoms with Gasteiger partial charge in [-0.2, -0.15) is 0 Å². The zero-order valence-electron chi connectivity index (χ0n) is 11.4. The maximum Gasteiger partial charge on any atom is 0.0606 e. The molecule has 3 heteroatoms. The predicted molar refractivity (Wildman–Crippen MR) is 76.0 cm³/mol. The van der Waals surface area contributed by atoms with Crippen LogP contribution >= 0.6 is 0 Å². The van der Waals surface area contributed by atoms with E-state index in [1.165, 1.54) is 29.7 Å². The van der Waals surface area contributed by atoms with E-state index in [2.05, 4.69) is 42.3 Å². The Labute approximate surface area is 110 Å². The maximum atomic E-state index is 9.08. The topological polar surface area (TPSA) is 35.5 Å². The molecule has 0 amide bonds. The lowest BCUT2D eigenvalue weighted by Gasteiger charge is -2.24. The van der Waals surface area contributed by atoms with Gasteiger partial charge in [-0.15, -0.1) is 0 Å². The average molecular weight is 248 g/mol. The molecule has 1 aliphatic rings. The van der Waals surface area contributed by atoms with Crippen LogP contribution in [0.15, 0.2) is 18.2 Å². The number of aliphatic hydroxyl groups is 1. The summed E-state index contributed by atoms with van der Waals surface area (Å²) in [5.41, 5.74) is 3.88. The first-order chi connectivity index (χ1) is 8.74. The molecule has 1 aromatic rings. The van der Waals surface area contributed by atoms with Crippen LogP contribution in [0.1, 0.15) is 30.9 Å². The second-order valence-electron chi connectivity index (χ2n) is 5.08. The number of anilines is 1. The van der Waals surface area contributed by atoms with Crippen LogP contribution in [0, 0.1) is 6.92 Å². The van der Waals surface area contributed by atoms with Crippen LogP contribution in [-0.2, 0) is 6.54 Å². The Morgan fingerprint density at radius 3 is 2.72 bits per heavy atom. The Kier molecular flexibility index (Phi) is 4.61. The van der Waals surface area contributed by atoms with E-state index in [4.69, 9.17) is 5.11 Å². The molecule has 18 heavy (non-hydrogen) atoms. The van der Waals surface area contributed by atoms with Gasteiger partial charge in [0.15, 0.2) is 0 Å². The van der Waals surface area contributed by atoms with Crippen molar-refractivity contribution in [2.45, 2.75) is 39.3 Å². The van der Waals surface area contributed by atoms with E-state index in [9.17, 15) is 0 Å². The molecule has 0 heterocycles. The van der Waals surface area contributed by atoms with Gasteiger partial charge >= 0.3 is 0 Å². The van der Waals surface area contributed by atoms with Crippen molar-refractivity contribution < 1.29 is 5.11 Å². The number of nitrogens with zero attached hydrogens (tertiary/aromatic N) is 1. The summed E-state index contributed by atoms with van der Waals surface area (Å²) in [5, 5.41) is 12.6. The average Bonchev–Trinajstić information content (AvgIpc) is 3.18. The zero-order valence-corrected chi connectivity index (χ0v) is 11.4. The van der Waals surface area contributed by atoms with Crippen LogP contribution in [0.3, 0.4) is 0 Å². The minimum absolute atomic E-state index is 0.207. The molecule has 2 rings (SSSR count). The number of nitrogens with one attached hydrogen (secondary N) is 1. The fraction of sp³-hybridized carbons (Fsp3) is 0.600. The zero-order chi connectivity index (χ0) is 13.0. The third-order valence-corrected chi connectivity index (χ3v) is 3.53. The Bertz CT molecular complexity index is 388. The van der Waals surface area contributed by atoms with Gasteiger partial charge in [0.2, 0.25) is 0 Å². The van der Waals surface area contributed by atoms with Crippen LogP contribution in [0.4, 0.5) is 5.69 Å². The van der Waals surface area contributed by atoms with Crippen LogP contribution in [0.5, 0.6) is 0 Å². The van der Waals surface area contributed by atoms with Crippen molar-refractivity contribution in [1.82, 2.24) is 5.32 Å². The summed E-state index contributed by atoms with van der Waals surface area (Å²) in [6.07, 6.45) is 2.66. The monoisotopic (exact) mass is 248 g/mol. The molecule has 0 saturated heterocycles. The highest BCUT2D eigenvalue weighted by Crippen LogP contribution is 2.23. The Morgan fingerprint density at radius 2 is 2.17 bits per heavy atom. The Balaban J connectivity index is 2.02. The summed E-state index contributed by atoms with van der Waals surface area (Å²) in [7, 11) is 0. The van der Waals surface area contributed by atoms with Crippen LogP contribution in [-0.4, -0.2) is 30.8 Å². The molecular formula is C15H24N2O. The normalized spacial score (nSPS) is 14.8. The molecule has 0 unspecified atom stereocenters. The number of rotatable bonds is 7. The first-order valence-electron chi connectivity index (χ1n) is 6.93. The molecular weight excluding hydrogens is 224 g/mol. The van der Waals surface area contributed by atoms with Gasteiger partial charge in [0.05, 0.1) is 6.61 Å². The van der Waals surface area contributed by atoms with E-state index in [1.807, 2.05) is 0 Å². The number of hydrogen-bond donors (Lipinski definition) is 2. The number of aliphatic hydroxyl groups excluding tert-OH is 1. The molecule has 0 spiro atoms. The fourth-order valence-electron chi connectivity index (χ4n) is 2.30. The summed E-state index contributed by atoms with van der Waals surface area (Å²) in [5.74, 6) is 0. The molecule has 0 atom stereocenters. The Hall–Kier alpha value is -1.06. The number of hydrogen-bond acceptors (Lipinski definition) is 3. The first-order valence-corrected chi connectivity index (χ1v) is 6.93. The molecule has 0 bridgehead atoms. The lowest BCUT2D eigenvalue weighted by molar-refractivity contribution is 0.302. The minimum Gasteiger partial charge on any atom is -0.395 e. The third kappa shape index (κ3) is 3.47. The lowest BCUT2D eigenvalue weighted by Crippen LogP contribution is -2.27. The number of benzene rings is 1. The van der Waals surface area contributed by atoms with E-state index in [1.54, 1.807) is 0 Å². The van der Waals surface area contributed by atoms with Gasteiger partial charge in [0.25, 0.3) is 0 Å². The second-order valence-corrected chi connectivity index (χ2v) is 5.08. The Morgan fingerprint density at radius 1 is 1.39 bits per heavy atom. The van der Waals surface area contributed by atoms with E-state index >= 15 is 0 Å². The molecule has 1 aliphatic carbocycles. The van der Waals surface area contributed by atoms with Gasteiger partial charge in [-0.1, -0.05) is 12.1 Å². The second kappa shape index (κ2) is 6.21. The van der Waals surface area contributed by atoms with Crippen molar-refractivity contribution in [2.24, 2.45) is 0 Å². The van der Waals surface area contributed by atoms with Crippen molar-refractivity contribution >= 4 is 5.69 Å². The summed E-state index contributed by atoms with van der Waals surface area (Å²) in [6, 6.07) is 7.38. The molecule has 1 aromatic carbocycles. The summed E-state index contributed by atoms with van der Waals surface area (Å²) in [6.45, 7) is 7.09. The quantitative estimate of drug-likeness (QED) is 0.775. The lowest BCUT2D eigenvalue weighted by atomic mass is 10.1. The predicted octanol–water partition coefficient (Wildman–Crippen LogP) is 2.07. The van der Waals surface area contributed by atoms with Crippen LogP contribution in [0.2, 0.25) is 0 Å². The van der Waals surface area contributed by atoms with Crippen molar-refractivity contribution in [3.8, 4) is 0 Å². The molecule has 3 nitrogen and oxygen atoms in total. The molecule has 0 aromatic heterocycles. The molecule has 100 valence electrons. The van der Waals surface area contributed by atoms with Gasteiger partial charge in [-0.3, -0.25) is 0 Å². The van der Waals surface area contributed by atoms with Gasteiger partial charge < -0.3 is 15.3 Å². The molecule has 2 N–H and O–H groups in total. The molecule has 0 radical (unpaired) electrons. The highest BCUT2D eigenvalue weighted by Gasteiger charge is 2.20. The van der Waals surface area contributed by atoms with Crippen molar-refractivity contribution in [3.05, 3.63) is 29.3 Å². The third-order valence-electron chi connectivity index (χ3n) is 3.53. The van der Waals surface area contributed by atoms with E-state index in [-0.39, 0.29) is 6.61 Å². The molecule has 0 aliphatic heterocycles. The van der Waals surface area contributed by atoms with Gasteiger partial charge in [0, 0.05) is 31.4 Å². The number of aryl methyl sites for hydroxylation is 1. The van der Waals surface area contributed by atoms with Crippen molar-refractivity contribution in [3.63, 3.8) is 0 Å². The van der Waals surface area contributed by atoms with E-state index in [0.717, 1.165) is 19.1 Å². The smallest absolute Gasteiger partial charge is 0.0606 e. The van der Waals surface area contributed by atoms with E-state index < -0.39 is 0 Å². The highest BCUT2D eigenvalue weighted by molar-refractivity contribution is 5.54. The van der Waals surface area contributed by atoms with Gasteiger partial charge in [-0.05, 0) is 43.9 Å². The number of likely N-dealkylation sites (N-methyl/N-ethyl adjacent to an activating group) is 1. The van der Waals surface area contributed by atoms with Crippen molar-refractivity contribution in [1.29, 1.82) is 0 Å². The minimum atomic E-state index is 0.207. The standard InChI is InChI=1S/C15H24N2O/c1-3-17(8-9-18)15-7-4-13(10-12(15)2)11-16-14-5-6-14/h4,7,10,14,16,18H,3,5-6,8-9,11H2,1-2H3. The molecule has 1 fully saturated rings.